The first-order valence-electron chi connectivity index (χ1n) is 14.5. The highest BCUT2D eigenvalue weighted by Crippen LogP contribution is 2.40. The molecule has 0 saturated heterocycles. The Bertz CT molecular complexity index is 1640. The van der Waals surface area contributed by atoms with Crippen molar-refractivity contribution >= 4 is 23.0 Å². The molecule has 14 heteroatoms. The van der Waals surface area contributed by atoms with Gasteiger partial charge in [-0.25, -0.2) is 19.9 Å². The van der Waals surface area contributed by atoms with Crippen LogP contribution in [0.25, 0.3) is 11.1 Å². The summed E-state index contributed by atoms with van der Waals surface area (Å²) in [6, 6.07) is 9.83. The van der Waals surface area contributed by atoms with Crippen LogP contribution in [0.2, 0.25) is 0 Å². The predicted molar refractivity (Wildman–Crippen MR) is 153 cm³/mol. The number of alkyl halides is 6. The van der Waals surface area contributed by atoms with E-state index >= 15 is 0 Å². The van der Waals surface area contributed by atoms with E-state index in [1.807, 2.05) is 0 Å². The van der Waals surface area contributed by atoms with Crippen LogP contribution in [-0.2, 0) is 13.2 Å². The average Bonchev–Trinajstić information content (AvgIpc) is 3.29. The summed E-state index contributed by atoms with van der Waals surface area (Å²) in [6.07, 6.45) is -1.87. The summed E-state index contributed by atoms with van der Waals surface area (Å²) in [5.41, 5.74) is 4.30. The highest BCUT2D eigenvalue weighted by Gasteiger charge is 2.41. The number of benzene rings is 1. The van der Waals surface area contributed by atoms with Crippen molar-refractivity contribution in [3.05, 3.63) is 95.1 Å². The molecular formula is C32H29F6N5O3. The fourth-order valence-electron chi connectivity index (χ4n) is 5.59. The SMILES string of the molecule is O=C1c2ccccc2C(=O)N1Cc1cc(C2=CCC(C(F)(F)F)CC2)ncn1.OCc1cc(C2=CCC(C(F)(F)F)CC2)ncn1. The average molecular weight is 646 g/mol. The summed E-state index contributed by atoms with van der Waals surface area (Å²) in [5.74, 6) is -3.34. The molecule has 2 unspecified atom stereocenters. The second kappa shape index (κ2) is 13.5. The van der Waals surface area contributed by atoms with E-state index in [1.165, 1.54) is 12.7 Å². The standard InChI is InChI=1S/C20H16F3N3O2.C12H13F3N2O/c21-20(22,23)13-7-5-12(6-8-13)17-9-14(24-11-25-17)10-26-18(27)15-3-1-2-4-16(15)19(26)28;13-12(14,15)9-3-1-8(2-4-9)11-5-10(6-18)16-7-17-11/h1-5,9,11,13H,6-8,10H2;1,5,7,9,18H,2-4,6H2. The molecular weight excluding hydrogens is 616 g/mol. The molecule has 2 aromatic heterocycles. The summed E-state index contributed by atoms with van der Waals surface area (Å²) in [4.78, 5) is 42.2. The minimum absolute atomic E-state index is 0.00268. The number of aromatic nitrogens is 4. The number of aliphatic hydroxyl groups excluding tert-OH is 1. The lowest BCUT2D eigenvalue weighted by molar-refractivity contribution is -0.176. The Hall–Kier alpha value is -4.46. The highest BCUT2D eigenvalue weighted by molar-refractivity contribution is 6.21. The topological polar surface area (TPSA) is 109 Å². The molecule has 242 valence electrons. The van der Waals surface area contributed by atoms with Crippen molar-refractivity contribution in [2.24, 2.45) is 11.8 Å². The van der Waals surface area contributed by atoms with Crippen LogP contribution in [0, 0.1) is 11.8 Å². The number of amides is 2. The van der Waals surface area contributed by atoms with E-state index < -0.39 is 24.2 Å². The summed E-state index contributed by atoms with van der Waals surface area (Å²) in [6.45, 7) is -0.214. The Kier molecular flexibility index (Phi) is 9.66. The van der Waals surface area contributed by atoms with Crippen molar-refractivity contribution in [2.45, 2.75) is 64.0 Å². The Balaban J connectivity index is 0.000000200. The number of hydrogen-bond donors (Lipinski definition) is 1. The number of rotatable bonds is 5. The van der Waals surface area contributed by atoms with Gasteiger partial charge in [-0.2, -0.15) is 26.3 Å². The fraction of sp³-hybridized carbons (Fsp3) is 0.375. The Morgan fingerprint density at radius 1 is 0.717 bits per heavy atom. The van der Waals surface area contributed by atoms with Crippen molar-refractivity contribution in [2.75, 3.05) is 0 Å². The second-order valence-electron chi connectivity index (χ2n) is 11.2. The van der Waals surface area contributed by atoms with Crippen LogP contribution in [0.3, 0.4) is 0 Å². The molecule has 2 atom stereocenters. The van der Waals surface area contributed by atoms with Crippen molar-refractivity contribution in [1.29, 1.82) is 0 Å². The minimum atomic E-state index is -4.19. The van der Waals surface area contributed by atoms with E-state index in [9.17, 15) is 35.9 Å². The van der Waals surface area contributed by atoms with Crippen molar-refractivity contribution in [1.82, 2.24) is 24.8 Å². The third-order valence-electron chi connectivity index (χ3n) is 8.21. The van der Waals surface area contributed by atoms with E-state index in [0.717, 1.165) is 16.0 Å². The van der Waals surface area contributed by atoms with Crippen LogP contribution in [0.1, 0.15) is 82.0 Å². The number of imide groups is 1. The van der Waals surface area contributed by atoms with Crippen LogP contribution in [-0.4, -0.2) is 54.1 Å². The molecule has 0 spiro atoms. The Morgan fingerprint density at radius 2 is 1.17 bits per heavy atom. The van der Waals surface area contributed by atoms with Gasteiger partial charge >= 0.3 is 12.4 Å². The number of hydrogen-bond acceptors (Lipinski definition) is 7. The third-order valence-corrected chi connectivity index (χ3v) is 8.21. The maximum absolute atomic E-state index is 12.8. The van der Waals surface area contributed by atoms with Crippen LogP contribution in [0.5, 0.6) is 0 Å². The Morgan fingerprint density at radius 3 is 1.59 bits per heavy atom. The molecule has 0 fully saturated rings. The van der Waals surface area contributed by atoms with Crippen molar-refractivity contribution < 1.29 is 41.0 Å². The van der Waals surface area contributed by atoms with Gasteiger partial charge in [-0.3, -0.25) is 14.5 Å². The zero-order chi connectivity index (χ0) is 33.1. The van der Waals surface area contributed by atoms with E-state index in [0.29, 0.717) is 40.3 Å². The summed E-state index contributed by atoms with van der Waals surface area (Å²) in [5, 5.41) is 8.95. The first-order valence-corrected chi connectivity index (χ1v) is 14.5. The molecule has 1 N–H and O–H groups in total. The van der Waals surface area contributed by atoms with Gasteiger partial charge < -0.3 is 5.11 Å². The van der Waals surface area contributed by atoms with Crippen LogP contribution in [0.15, 0.2) is 61.2 Å². The van der Waals surface area contributed by atoms with Gasteiger partial charge in [0.1, 0.15) is 12.7 Å². The molecule has 1 aliphatic heterocycles. The maximum Gasteiger partial charge on any atom is 0.392 e. The monoisotopic (exact) mass is 645 g/mol. The summed E-state index contributed by atoms with van der Waals surface area (Å²) in [7, 11) is 0. The molecule has 0 saturated carbocycles. The molecule has 2 aliphatic carbocycles. The van der Waals surface area contributed by atoms with E-state index in [1.54, 1.807) is 48.6 Å². The van der Waals surface area contributed by atoms with E-state index in [2.05, 4.69) is 19.9 Å². The number of fused-ring (bicyclic) bond motifs is 1. The lowest BCUT2D eigenvalue weighted by Crippen LogP contribution is -2.29. The molecule has 3 aliphatic rings. The number of carbonyl (C=O) groups is 2. The summed E-state index contributed by atoms with van der Waals surface area (Å²) >= 11 is 0. The van der Waals surface area contributed by atoms with Crippen molar-refractivity contribution in [3.8, 4) is 0 Å². The normalized spacial score (nSPS) is 20.0. The molecule has 1 aromatic carbocycles. The molecule has 0 bridgehead atoms. The number of carbonyl (C=O) groups excluding carboxylic acids is 2. The van der Waals surface area contributed by atoms with Gasteiger partial charge in [-0.1, -0.05) is 24.3 Å². The molecule has 2 amide bonds. The number of allylic oxidation sites excluding steroid dienone is 4. The number of aliphatic hydroxyl groups is 1. The van der Waals surface area contributed by atoms with Gasteiger partial charge in [0.25, 0.3) is 11.8 Å². The Labute approximate surface area is 259 Å². The first-order chi connectivity index (χ1) is 21.8. The van der Waals surface area contributed by atoms with Gasteiger partial charge in [0, 0.05) is 0 Å². The zero-order valence-corrected chi connectivity index (χ0v) is 24.4. The van der Waals surface area contributed by atoms with Gasteiger partial charge in [0.15, 0.2) is 0 Å². The van der Waals surface area contributed by atoms with Gasteiger partial charge in [-0.05, 0) is 73.9 Å². The van der Waals surface area contributed by atoms with E-state index in [-0.39, 0.29) is 57.1 Å². The lowest BCUT2D eigenvalue weighted by atomic mass is 9.88. The first kappa shape index (κ1) is 32.9. The fourth-order valence-corrected chi connectivity index (χ4v) is 5.59. The molecule has 3 heterocycles. The van der Waals surface area contributed by atoms with Gasteiger partial charge in [-0.15, -0.1) is 0 Å². The second-order valence-corrected chi connectivity index (χ2v) is 11.2. The predicted octanol–water partition coefficient (Wildman–Crippen LogP) is 6.73. The number of halogens is 6. The van der Waals surface area contributed by atoms with Crippen LogP contribution < -0.4 is 0 Å². The molecule has 3 aromatic rings. The quantitative estimate of drug-likeness (QED) is 0.242. The zero-order valence-electron chi connectivity index (χ0n) is 24.4. The van der Waals surface area contributed by atoms with Gasteiger partial charge in [0.05, 0.1) is 58.9 Å². The largest absolute Gasteiger partial charge is 0.392 e. The lowest BCUT2D eigenvalue weighted by Gasteiger charge is -2.24. The smallest absolute Gasteiger partial charge is 0.390 e. The molecule has 46 heavy (non-hydrogen) atoms. The molecule has 8 nitrogen and oxygen atoms in total. The molecule has 6 rings (SSSR count). The number of nitrogens with zero attached hydrogens (tertiary/aromatic N) is 5. The highest BCUT2D eigenvalue weighted by atomic mass is 19.4. The van der Waals surface area contributed by atoms with Crippen LogP contribution >= 0.6 is 0 Å². The summed E-state index contributed by atoms with van der Waals surface area (Å²) < 4.78 is 76.0. The van der Waals surface area contributed by atoms with E-state index in [4.69, 9.17) is 5.11 Å². The maximum atomic E-state index is 12.8. The van der Waals surface area contributed by atoms with Crippen molar-refractivity contribution in [3.63, 3.8) is 0 Å². The third kappa shape index (κ3) is 7.49. The van der Waals surface area contributed by atoms with Crippen LogP contribution in [0.4, 0.5) is 26.3 Å². The molecule has 0 radical (unpaired) electrons. The van der Waals surface area contributed by atoms with Gasteiger partial charge in [0.2, 0.25) is 0 Å². The minimum Gasteiger partial charge on any atom is -0.390 e.